The second-order valence-electron chi connectivity index (χ2n) is 2.42. The van der Waals surface area contributed by atoms with Gasteiger partial charge in [-0.25, -0.2) is 0 Å². The normalized spacial score (nSPS) is 10.4. The Morgan fingerprint density at radius 2 is 2.25 bits per heavy atom. The standard InChI is InChI=1S/C9H5ClOS/c10-7-5-12-8-3-1-2-6(4-11)9(7)8/h1-5H. The third-order valence-electron chi connectivity index (χ3n) is 1.71. The molecule has 3 heteroatoms. The molecule has 1 aromatic heterocycles. The first-order valence-corrected chi connectivity index (χ1v) is 4.69. The number of hydrogen-bond donors (Lipinski definition) is 0. The summed E-state index contributed by atoms with van der Waals surface area (Å²) in [4.78, 5) is 10.6. The molecule has 1 nitrogen and oxygen atoms in total. The van der Waals surface area contributed by atoms with Gasteiger partial charge >= 0.3 is 0 Å². The topological polar surface area (TPSA) is 17.1 Å². The fourth-order valence-corrected chi connectivity index (χ4v) is 2.43. The molecule has 0 fully saturated rings. The highest BCUT2D eigenvalue weighted by Crippen LogP contribution is 2.31. The first-order valence-electron chi connectivity index (χ1n) is 3.44. The molecule has 0 saturated carbocycles. The van der Waals surface area contributed by atoms with Crippen molar-refractivity contribution in [2.45, 2.75) is 0 Å². The second kappa shape index (κ2) is 2.88. The molecule has 0 aliphatic heterocycles. The molecular formula is C9H5ClOS. The summed E-state index contributed by atoms with van der Waals surface area (Å²) in [6.45, 7) is 0. The Morgan fingerprint density at radius 3 is 3.00 bits per heavy atom. The summed E-state index contributed by atoms with van der Waals surface area (Å²) in [6, 6.07) is 5.59. The van der Waals surface area contributed by atoms with Crippen LogP contribution in [0.5, 0.6) is 0 Å². The van der Waals surface area contributed by atoms with Gasteiger partial charge in [-0.3, -0.25) is 4.79 Å². The fraction of sp³-hybridized carbons (Fsp3) is 0. The monoisotopic (exact) mass is 196 g/mol. The highest BCUT2D eigenvalue weighted by Gasteiger charge is 2.05. The van der Waals surface area contributed by atoms with Crippen molar-refractivity contribution >= 4 is 39.3 Å². The van der Waals surface area contributed by atoms with Crippen LogP contribution in [0.2, 0.25) is 5.02 Å². The lowest BCUT2D eigenvalue weighted by Gasteiger charge is -1.93. The molecule has 0 saturated heterocycles. The van der Waals surface area contributed by atoms with Crippen molar-refractivity contribution < 1.29 is 4.79 Å². The number of aldehydes is 1. The summed E-state index contributed by atoms with van der Waals surface area (Å²) >= 11 is 7.46. The molecule has 0 N–H and O–H groups in total. The van der Waals surface area contributed by atoms with Gasteiger partial charge in [0.2, 0.25) is 0 Å². The molecule has 1 aromatic carbocycles. The van der Waals surface area contributed by atoms with Gasteiger partial charge in [-0.2, -0.15) is 0 Å². The van der Waals surface area contributed by atoms with Gasteiger partial charge in [0.1, 0.15) is 0 Å². The number of rotatable bonds is 1. The molecule has 0 atom stereocenters. The zero-order chi connectivity index (χ0) is 8.55. The molecule has 0 aliphatic carbocycles. The van der Waals surface area contributed by atoms with Crippen LogP contribution in [-0.4, -0.2) is 6.29 Å². The largest absolute Gasteiger partial charge is 0.298 e. The Hall–Kier alpha value is -0.860. The first kappa shape index (κ1) is 7.77. The molecule has 0 spiro atoms. The number of thiophene rings is 1. The van der Waals surface area contributed by atoms with E-state index in [1.54, 1.807) is 17.4 Å². The van der Waals surface area contributed by atoms with Crippen LogP contribution in [0.3, 0.4) is 0 Å². The highest BCUT2D eigenvalue weighted by atomic mass is 35.5. The SMILES string of the molecule is O=Cc1cccc2scc(Cl)c12. The van der Waals surface area contributed by atoms with Gasteiger partial charge in [0.25, 0.3) is 0 Å². The van der Waals surface area contributed by atoms with Gasteiger partial charge in [0, 0.05) is 21.0 Å². The summed E-state index contributed by atoms with van der Waals surface area (Å²) in [5.41, 5.74) is 0.666. The molecule has 0 aliphatic rings. The smallest absolute Gasteiger partial charge is 0.150 e. The van der Waals surface area contributed by atoms with Gasteiger partial charge in [0.05, 0.1) is 5.02 Å². The van der Waals surface area contributed by atoms with Crippen molar-refractivity contribution in [1.29, 1.82) is 0 Å². The molecule has 2 rings (SSSR count). The van der Waals surface area contributed by atoms with Crippen LogP contribution >= 0.6 is 22.9 Å². The maximum Gasteiger partial charge on any atom is 0.150 e. The van der Waals surface area contributed by atoms with Crippen LogP contribution in [0.1, 0.15) is 10.4 Å². The molecule has 0 radical (unpaired) electrons. The van der Waals surface area contributed by atoms with Crippen molar-refractivity contribution in [2.75, 3.05) is 0 Å². The second-order valence-corrected chi connectivity index (χ2v) is 3.74. The van der Waals surface area contributed by atoms with Crippen LogP contribution in [0, 0.1) is 0 Å². The van der Waals surface area contributed by atoms with Crippen LogP contribution < -0.4 is 0 Å². The number of carbonyl (C=O) groups excluding carboxylic acids is 1. The van der Waals surface area contributed by atoms with E-state index in [9.17, 15) is 4.79 Å². The van der Waals surface area contributed by atoms with E-state index in [1.165, 1.54) is 0 Å². The first-order chi connectivity index (χ1) is 5.83. The number of carbonyl (C=O) groups is 1. The van der Waals surface area contributed by atoms with E-state index >= 15 is 0 Å². The third-order valence-corrected chi connectivity index (χ3v) is 3.09. The van der Waals surface area contributed by atoms with E-state index in [2.05, 4.69) is 0 Å². The Balaban J connectivity index is 2.93. The van der Waals surface area contributed by atoms with Crippen LogP contribution in [0.4, 0.5) is 0 Å². The zero-order valence-electron chi connectivity index (χ0n) is 6.08. The molecule has 0 bridgehead atoms. The predicted octanol–water partition coefficient (Wildman–Crippen LogP) is 3.37. The summed E-state index contributed by atoms with van der Waals surface area (Å²) in [5, 5.41) is 3.39. The molecule has 2 aromatic rings. The van der Waals surface area contributed by atoms with E-state index < -0.39 is 0 Å². The van der Waals surface area contributed by atoms with Crippen LogP contribution in [0.25, 0.3) is 10.1 Å². The molecule has 12 heavy (non-hydrogen) atoms. The van der Waals surface area contributed by atoms with Gasteiger partial charge in [-0.05, 0) is 6.07 Å². The van der Waals surface area contributed by atoms with E-state index in [-0.39, 0.29) is 0 Å². The lowest BCUT2D eigenvalue weighted by molar-refractivity contribution is 0.112. The average molecular weight is 197 g/mol. The Labute approximate surface area is 78.6 Å². The third kappa shape index (κ3) is 1.04. The number of benzene rings is 1. The lowest BCUT2D eigenvalue weighted by Crippen LogP contribution is -1.78. The van der Waals surface area contributed by atoms with E-state index in [0.717, 1.165) is 16.4 Å². The number of hydrogen-bond acceptors (Lipinski definition) is 2. The maximum atomic E-state index is 10.6. The lowest BCUT2D eigenvalue weighted by atomic mass is 10.1. The minimum Gasteiger partial charge on any atom is -0.298 e. The van der Waals surface area contributed by atoms with Crippen molar-refractivity contribution in [3.8, 4) is 0 Å². The highest BCUT2D eigenvalue weighted by molar-refractivity contribution is 7.17. The molecule has 1 heterocycles. The number of fused-ring (bicyclic) bond motifs is 1. The predicted molar refractivity (Wildman–Crippen MR) is 52.2 cm³/mol. The Kier molecular flexibility index (Phi) is 1.87. The summed E-state index contributed by atoms with van der Waals surface area (Å²) in [6.07, 6.45) is 0.834. The molecule has 0 unspecified atom stereocenters. The molecule has 0 amide bonds. The van der Waals surface area contributed by atoms with Gasteiger partial charge in [-0.1, -0.05) is 23.7 Å². The van der Waals surface area contributed by atoms with E-state index in [0.29, 0.717) is 10.6 Å². The van der Waals surface area contributed by atoms with Crippen LogP contribution in [0.15, 0.2) is 23.6 Å². The van der Waals surface area contributed by atoms with Gasteiger partial charge < -0.3 is 0 Å². The quantitative estimate of drug-likeness (QED) is 0.640. The maximum absolute atomic E-state index is 10.6. The van der Waals surface area contributed by atoms with Crippen molar-refractivity contribution in [3.63, 3.8) is 0 Å². The summed E-state index contributed by atoms with van der Waals surface area (Å²) < 4.78 is 1.06. The van der Waals surface area contributed by atoms with Crippen molar-refractivity contribution in [2.24, 2.45) is 0 Å². The Morgan fingerprint density at radius 1 is 1.42 bits per heavy atom. The summed E-state index contributed by atoms with van der Waals surface area (Å²) in [5.74, 6) is 0. The Bertz CT molecular complexity index is 433. The minimum atomic E-state index is 0.665. The van der Waals surface area contributed by atoms with Gasteiger partial charge in [-0.15, -0.1) is 11.3 Å². The minimum absolute atomic E-state index is 0.665. The summed E-state index contributed by atoms with van der Waals surface area (Å²) in [7, 11) is 0. The molecule has 60 valence electrons. The van der Waals surface area contributed by atoms with Gasteiger partial charge in [0.15, 0.2) is 6.29 Å². The van der Waals surface area contributed by atoms with Crippen molar-refractivity contribution in [3.05, 3.63) is 34.2 Å². The average Bonchev–Trinajstić information content (AvgIpc) is 2.48. The number of halogens is 1. The fourth-order valence-electron chi connectivity index (χ4n) is 1.17. The zero-order valence-corrected chi connectivity index (χ0v) is 7.65. The van der Waals surface area contributed by atoms with Crippen molar-refractivity contribution in [1.82, 2.24) is 0 Å². The van der Waals surface area contributed by atoms with E-state index in [1.807, 2.05) is 17.5 Å². The molecular weight excluding hydrogens is 192 g/mol. The van der Waals surface area contributed by atoms with Crippen LogP contribution in [-0.2, 0) is 0 Å². The van der Waals surface area contributed by atoms with E-state index in [4.69, 9.17) is 11.6 Å².